The second-order valence-corrected chi connectivity index (χ2v) is 4.11. The summed E-state index contributed by atoms with van der Waals surface area (Å²) in [5, 5.41) is 0. The van der Waals surface area contributed by atoms with Gasteiger partial charge >= 0.3 is 5.97 Å². The molecule has 1 rings (SSSR count). The molecule has 0 aliphatic rings. The minimum Gasteiger partial charge on any atom is -0.468 e. The normalized spacial score (nSPS) is 12.2. The van der Waals surface area contributed by atoms with E-state index in [1.54, 1.807) is 0 Å². The lowest BCUT2D eigenvalue weighted by Gasteiger charge is -2.09. The predicted molar refractivity (Wildman–Crippen MR) is 62.5 cm³/mol. The van der Waals surface area contributed by atoms with Gasteiger partial charge in [-0.05, 0) is 24.5 Å². The third-order valence-electron chi connectivity index (χ3n) is 2.19. The summed E-state index contributed by atoms with van der Waals surface area (Å²) in [5.74, 6) is -0.359. The molecule has 4 heteroatoms. The fraction of sp³-hybridized carbons (Fsp3) is 0.364. The summed E-state index contributed by atoms with van der Waals surface area (Å²) in [5.41, 5.74) is 6.79. The summed E-state index contributed by atoms with van der Waals surface area (Å²) in [6.45, 7) is 0. The zero-order valence-electron chi connectivity index (χ0n) is 8.57. The van der Waals surface area contributed by atoms with E-state index in [1.807, 2.05) is 24.3 Å². The van der Waals surface area contributed by atoms with Crippen molar-refractivity contribution in [1.82, 2.24) is 0 Å². The molecule has 0 aliphatic carbocycles. The van der Waals surface area contributed by atoms with Crippen molar-refractivity contribution in [1.29, 1.82) is 0 Å². The monoisotopic (exact) mass is 271 g/mol. The van der Waals surface area contributed by atoms with Crippen molar-refractivity contribution in [2.45, 2.75) is 18.9 Å². The van der Waals surface area contributed by atoms with Gasteiger partial charge in [0.25, 0.3) is 0 Å². The molecule has 3 nitrogen and oxygen atoms in total. The molecule has 0 amide bonds. The molecule has 2 N–H and O–H groups in total. The first-order valence-corrected chi connectivity index (χ1v) is 5.51. The van der Waals surface area contributed by atoms with E-state index in [9.17, 15) is 4.79 Å². The van der Waals surface area contributed by atoms with Gasteiger partial charge in [-0.25, -0.2) is 0 Å². The van der Waals surface area contributed by atoms with Crippen LogP contribution in [0, 0.1) is 0 Å². The molecular formula is C11H14BrNO2. The fourth-order valence-corrected chi connectivity index (χ4v) is 1.76. The molecule has 1 unspecified atom stereocenters. The third-order valence-corrected chi connectivity index (χ3v) is 2.96. The standard InChI is InChI=1S/C11H14BrNO2/c1-15-11(14)10(13)7-6-8-4-2-3-5-9(8)12/h2-5,10H,6-7,13H2,1H3. The number of benzene rings is 1. The number of nitrogens with two attached hydrogens (primary N) is 1. The number of carbonyl (C=O) groups is 1. The van der Waals surface area contributed by atoms with Crippen molar-refractivity contribution in [3.63, 3.8) is 0 Å². The molecular weight excluding hydrogens is 258 g/mol. The highest BCUT2D eigenvalue weighted by molar-refractivity contribution is 9.10. The van der Waals surface area contributed by atoms with Crippen LogP contribution in [0.1, 0.15) is 12.0 Å². The van der Waals surface area contributed by atoms with E-state index in [1.165, 1.54) is 7.11 Å². The van der Waals surface area contributed by atoms with Gasteiger partial charge in [0.2, 0.25) is 0 Å². The maximum Gasteiger partial charge on any atom is 0.322 e. The lowest BCUT2D eigenvalue weighted by Crippen LogP contribution is -2.31. The van der Waals surface area contributed by atoms with Crippen LogP contribution in [-0.4, -0.2) is 19.1 Å². The van der Waals surface area contributed by atoms with E-state index in [0.717, 1.165) is 16.5 Å². The zero-order chi connectivity index (χ0) is 11.3. The molecule has 0 radical (unpaired) electrons. The number of ether oxygens (including phenoxy) is 1. The number of carbonyl (C=O) groups excluding carboxylic acids is 1. The minimum absolute atomic E-state index is 0.359. The maximum atomic E-state index is 11.1. The number of esters is 1. The first-order chi connectivity index (χ1) is 7.15. The second-order valence-electron chi connectivity index (χ2n) is 3.26. The van der Waals surface area contributed by atoms with Gasteiger partial charge in [0.1, 0.15) is 6.04 Å². The van der Waals surface area contributed by atoms with Gasteiger partial charge in [-0.15, -0.1) is 0 Å². The predicted octanol–water partition coefficient (Wildman–Crippen LogP) is 1.88. The highest BCUT2D eigenvalue weighted by atomic mass is 79.9. The van der Waals surface area contributed by atoms with E-state index in [2.05, 4.69) is 20.7 Å². The Balaban J connectivity index is 2.50. The Labute approximate surface area is 97.7 Å². The highest BCUT2D eigenvalue weighted by Crippen LogP contribution is 2.17. The Morgan fingerprint density at radius 2 is 2.20 bits per heavy atom. The van der Waals surface area contributed by atoms with Crippen molar-refractivity contribution in [3.05, 3.63) is 34.3 Å². The topological polar surface area (TPSA) is 52.3 Å². The van der Waals surface area contributed by atoms with Crippen LogP contribution in [0.5, 0.6) is 0 Å². The van der Waals surface area contributed by atoms with Gasteiger partial charge in [-0.3, -0.25) is 4.79 Å². The van der Waals surface area contributed by atoms with E-state index in [4.69, 9.17) is 5.73 Å². The van der Waals surface area contributed by atoms with Crippen molar-refractivity contribution >= 4 is 21.9 Å². The average Bonchev–Trinajstić information content (AvgIpc) is 2.26. The van der Waals surface area contributed by atoms with Crippen LogP contribution in [0.3, 0.4) is 0 Å². The van der Waals surface area contributed by atoms with Gasteiger partial charge in [0.15, 0.2) is 0 Å². The molecule has 1 aromatic rings. The Morgan fingerprint density at radius 3 is 2.80 bits per heavy atom. The van der Waals surface area contributed by atoms with Gasteiger partial charge in [-0.2, -0.15) is 0 Å². The molecule has 1 aromatic carbocycles. The zero-order valence-corrected chi connectivity index (χ0v) is 10.2. The largest absolute Gasteiger partial charge is 0.468 e. The summed E-state index contributed by atoms with van der Waals surface area (Å²) in [6, 6.07) is 7.35. The number of hydrogen-bond acceptors (Lipinski definition) is 3. The van der Waals surface area contributed by atoms with E-state index < -0.39 is 6.04 Å². The molecule has 15 heavy (non-hydrogen) atoms. The average molecular weight is 272 g/mol. The quantitative estimate of drug-likeness (QED) is 0.851. The molecule has 0 aromatic heterocycles. The molecule has 0 spiro atoms. The lowest BCUT2D eigenvalue weighted by molar-refractivity contribution is -0.142. The van der Waals surface area contributed by atoms with Crippen LogP contribution < -0.4 is 5.73 Å². The number of hydrogen-bond donors (Lipinski definition) is 1. The Hall–Kier alpha value is -0.870. The van der Waals surface area contributed by atoms with E-state index in [-0.39, 0.29) is 5.97 Å². The third kappa shape index (κ3) is 3.64. The van der Waals surface area contributed by atoms with Gasteiger partial charge in [0.05, 0.1) is 7.11 Å². The van der Waals surface area contributed by atoms with Crippen molar-refractivity contribution in [3.8, 4) is 0 Å². The first-order valence-electron chi connectivity index (χ1n) is 4.72. The van der Waals surface area contributed by atoms with Crippen LogP contribution in [0.25, 0.3) is 0 Å². The smallest absolute Gasteiger partial charge is 0.322 e. The first kappa shape index (κ1) is 12.2. The maximum absolute atomic E-state index is 11.1. The van der Waals surface area contributed by atoms with Gasteiger partial charge in [0, 0.05) is 4.47 Å². The number of rotatable bonds is 4. The minimum atomic E-state index is -0.540. The second kappa shape index (κ2) is 5.88. The molecule has 0 fully saturated rings. The number of aryl methyl sites for hydroxylation is 1. The summed E-state index contributed by atoms with van der Waals surface area (Å²) in [4.78, 5) is 11.1. The van der Waals surface area contributed by atoms with Crippen LogP contribution in [0.2, 0.25) is 0 Å². The summed E-state index contributed by atoms with van der Waals surface area (Å²) in [6.07, 6.45) is 1.35. The van der Waals surface area contributed by atoms with Crippen LogP contribution in [0.4, 0.5) is 0 Å². The van der Waals surface area contributed by atoms with Crippen molar-refractivity contribution < 1.29 is 9.53 Å². The fourth-order valence-electron chi connectivity index (χ4n) is 1.28. The van der Waals surface area contributed by atoms with E-state index in [0.29, 0.717) is 6.42 Å². The molecule has 1 atom stereocenters. The molecule has 0 saturated carbocycles. The Morgan fingerprint density at radius 1 is 1.53 bits per heavy atom. The molecule has 0 aliphatic heterocycles. The van der Waals surface area contributed by atoms with Crippen molar-refractivity contribution in [2.24, 2.45) is 5.73 Å². The molecule has 0 saturated heterocycles. The molecule has 0 bridgehead atoms. The van der Waals surface area contributed by atoms with Gasteiger partial charge < -0.3 is 10.5 Å². The highest BCUT2D eigenvalue weighted by Gasteiger charge is 2.13. The number of halogens is 1. The molecule has 82 valence electrons. The van der Waals surface area contributed by atoms with E-state index >= 15 is 0 Å². The Kier molecular flexibility index (Phi) is 4.78. The van der Waals surface area contributed by atoms with Crippen LogP contribution in [-0.2, 0) is 16.0 Å². The lowest BCUT2D eigenvalue weighted by atomic mass is 10.1. The Bertz CT molecular complexity index is 341. The SMILES string of the molecule is COC(=O)C(N)CCc1ccccc1Br. The van der Waals surface area contributed by atoms with Crippen LogP contribution in [0.15, 0.2) is 28.7 Å². The summed E-state index contributed by atoms with van der Waals surface area (Å²) >= 11 is 3.44. The summed E-state index contributed by atoms with van der Waals surface area (Å²) < 4.78 is 5.60. The van der Waals surface area contributed by atoms with Crippen molar-refractivity contribution in [2.75, 3.05) is 7.11 Å². The van der Waals surface area contributed by atoms with Gasteiger partial charge in [-0.1, -0.05) is 34.1 Å². The number of methoxy groups -OCH3 is 1. The van der Waals surface area contributed by atoms with Crippen LogP contribution >= 0.6 is 15.9 Å². The molecule has 0 heterocycles. The summed E-state index contributed by atoms with van der Waals surface area (Å²) in [7, 11) is 1.35.